The number of methoxy groups -OCH3 is 1. The molecule has 0 spiro atoms. The highest BCUT2D eigenvalue weighted by atomic mass is 19.1. The molecule has 1 N–H and O–H groups in total. The van der Waals surface area contributed by atoms with Crippen LogP contribution in [0.4, 0.5) is 4.39 Å². The number of hydrogen-bond donors (Lipinski definition) is 1. The molecule has 140 valence electrons. The molecule has 1 aliphatic rings. The van der Waals surface area contributed by atoms with Crippen LogP contribution in [-0.4, -0.2) is 67.6 Å². The summed E-state index contributed by atoms with van der Waals surface area (Å²) in [6.07, 6.45) is 1.02. The molecule has 6 nitrogen and oxygen atoms in total. The molecular formula is C19H24FN3O3. The molecular weight excluding hydrogens is 337 g/mol. The number of fused-ring (bicyclic) bond motifs is 1. The second-order valence-corrected chi connectivity index (χ2v) is 6.87. The van der Waals surface area contributed by atoms with Crippen LogP contribution in [0, 0.1) is 11.7 Å². The second-order valence-electron chi connectivity index (χ2n) is 6.87. The van der Waals surface area contributed by atoms with E-state index in [2.05, 4.69) is 9.88 Å². The van der Waals surface area contributed by atoms with E-state index >= 15 is 0 Å². The molecule has 1 saturated heterocycles. The standard InChI is InChI=1S/C19H24FN3O3/c1-22(11-13-5-6-23(12-13)7-8-26-2)19(25)16-10-18(24)21-17-4-3-14(20)9-15(16)17/h3-4,9-10,13H,5-8,11-12H2,1-2H3,(H,21,24)/t13-/m0/s1. The molecule has 0 saturated carbocycles. The topological polar surface area (TPSA) is 65.6 Å². The van der Waals surface area contributed by atoms with Gasteiger partial charge in [0.25, 0.3) is 5.91 Å². The van der Waals surface area contributed by atoms with Crippen molar-refractivity contribution in [3.05, 3.63) is 46.0 Å². The van der Waals surface area contributed by atoms with Crippen LogP contribution in [-0.2, 0) is 4.74 Å². The summed E-state index contributed by atoms with van der Waals surface area (Å²) in [7, 11) is 3.42. The number of aromatic amines is 1. The second kappa shape index (κ2) is 7.97. The van der Waals surface area contributed by atoms with Gasteiger partial charge in [0, 0.05) is 50.8 Å². The zero-order valence-electron chi connectivity index (χ0n) is 15.1. The van der Waals surface area contributed by atoms with Crippen LogP contribution in [0.15, 0.2) is 29.1 Å². The Hall–Kier alpha value is -2.25. The van der Waals surface area contributed by atoms with Crippen molar-refractivity contribution in [1.82, 2.24) is 14.8 Å². The minimum absolute atomic E-state index is 0.236. The van der Waals surface area contributed by atoms with Gasteiger partial charge in [0.05, 0.1) is 12.2 Å². The van der Waals surface area contributed by atoms with Crippen molar-refractivity contribution in [2.45, 2.75) is 6.42 Å². The number of halogens is 1. The summed E-state index contributed by atoms with van der Waals surface area (Å²) >= 11 is 0. The van der Waals surface area contributed by atoms with E-state index in [1.54, 1.807) is 19.1 Å². The molecule has 2 heterocycles. The number of amides is 1. The fourth-order valence-electron chi connectivity index (χ4n) is 3.56. The van der Waals surface area contributed by atoms with Crippen LogP contribution in [0.2, 0.25) is 0 Å². The van der Waals surface area contributed by atoms with Gasteiger partial charge in [-0.2, -0.15) is 0 Å². The molecule has 3 rings (SSSR count). The number of H-pyrrole nitrogens is 1. The van der Waals surface area contributed by atoms with Gasteiger partial charge in [-0.15, -0.1) is 0 Å². The molecule has 1 aromatic carbocycles. The first-order valence-electron chi connectivity index (χ1n) is 8.77. The van der Waals surface area contributed by atoms with E-state index in [4.69, 9.17) is 4.74 Å². The maximum absolute atomic E-state index is 13.6. The van der Waals surface area contributed by atoms with Crippen molar-refractivity contribution >= 4 is 16.8 Å². The predicted molar refractivity (Wildman–Crippen MR) is 97.9 cm³/mol. The molecule has 7 heteroatoms. The molecule has 1 atom stereocenters. The zero-order valence-corrected chi connectivity index (χ0v) is 15.1. The van der Waals surface area contributed by atoms with Gasteiger partial charge in [-0.1, -0.05) is 0 Å². The van der Waals surface area contributed by atoms with E-state index in [0.29, 0.717) is 30.0 Å². The number of aromatic nitrogens is 1. The lowest BCUT2D eigenvalue weighted by Crippen LogP contribution is -2.34. The Kier molecular flexibility index (Phi) is 5.68. The molecule has 1 aromatic heterocycles. The third-order valence-corrected chi connectivity index (χ3v) is 4.90. The van der Waals surface area contributed by atoms with Crippen molar-refractivity contribution in [3.63, 3.8) is 0 Å². The quantitative estimate of drug-likeness (QED) is 0.851. The zero-order chi connectivity index (χ0) is 18.7. The average Bonchev–Trinajstić information content (AvgIpc) is 3.06. The smallest absolute Gasteiger partial charge is 0.254 e. The molecule has 2 aromatic rings. The third kappa shape index (κ3) is 4.11. The Labute approximate surface area is 151 Å². The average molecular weight is 361 g/mol. The molecule has 0 radical (unpaired) electrons. The first-order valence-corrected chi connectivity index (χ1v) is 8.77. The Bertz CT molecular complexity index is 852. The summed E-state index contributed by atoms with van der Waals surface area (Å²) in [4.78, 5) is 31.3. The number of benzene rings is 1. The highest BCUT2D eigenvalue weighted by Crippen LogP contribution is 2.21. The van der Waals surface area contributed by atoms with E-state index in [1.165, 1.54) is 24.3 Å². The fraction of sp³-hybridized carbons (Fsp3) is 0.474. The minimum atomic E-state index is -0.439. The van der Waals surface area contributed by atoms with Gasteiger partial charge >= 0.3 is 0 Å². The van der Waals surface area contributed by atoms with Crippen molar-refractivity contribution in [1.29, 1.82) is 0 Å². The normalized spacial score (nSPS) is 17.7. The molecule has 0 aliphatic carbocycles. The van der Waals surface area contributed by atoms with Gasteiger partial charge in [0.1, 0.15) is 5.82 Å². The molecule has 26 heavy (non-hydrogen) atoms. The lowest BCUT2D eigenvalue weighted by Gasteiger charge is -2.22. The molecule has 0 bridgehead atoms. The maximum Gasteiger partial charge on any atom is 0.254 e. The van der Waals surface area contributed by atoms with E-state index in [1.807, 2.05) is 0 Å². The van der Waals surface area contributed by atoms with Crippen LogP contribution in [0.5, 0.6) is 0 Å². The van der Waals surface area contributed by atoms with Crippen molar-refractivity contribution in [3.8, 4) is 0 Å². The number of hydrogen-bond acceptors (Lipinski definition) is 4. The molecule has 0 unspecified atom stereocenters. The van der Waals surface area contributed by atoms with Gasteiger partial charge in [0.2, 0.25) is 5.56 Å². The Morgan fingerprint density at radius 3 is 3.00 bits per heavy atom. The number of nitrogens with zero attached hydrogens (tertiary/aromatic N) is 2. The number of pyridine rings is 1. The monoisotopic (exact) mass is 361 g/mol. The van der Waals surface area contributed by atoms with Gasteiger partial charge in [-0.3, -0.25) is 9.59 Å². The molecule has 1 fully saturated rings. The van der Waals surface area contributed by atoms with Gasteiger partial charge in [-0.25, -0.2) is 4.39 Å². The van der Waals surface area contributed by atoms with Crippen LogP contribution >= 0.6 is 0 Å². The summed E-state index contributed by atoms with van der Waals surface area (Å²) in [6.45, 7) is 4.11. The van der Waals surface area contributed by atoms with Crippen LogP contribution in [0.25, 0.3) is 10.9 Å². The summed E-state index contributed by atoms with van der Waals surface area (Å²) < 4.78 is 18.7. The third-order valence-electron chi connectivity index (χ3n) is 4.90. The summed E-state index contributed by atoms with van der Waals surface area (Å²) in [6, 6.07) is 5.28. The van der Waals surface area contributed by atoms with Crippen molar-refractivity contribution < 1.29 is 13.9 Å². The first kappa shape index (κ1) is 18.5. The summed E-state index contributed by atoms with van der Waals surface area (Å²) in [5.41, 5.74) is 0.328. The highest BCUT2D eigenvalue weighted by Gasteiger charge is 2.25. The first-order chi connectivity index (χ1) is 12.5. The van der Waals surface area contributed by atoms with Gasteiger partial charge in [0.15, 0.2) is 0 Å². The summed E-state index contributed by atoms with van der Waals surface area (Å²) in [5, 5.41) is 0.426. The fourth-order valence-corrected chi connectivity index (χ4v) is 3.56. The van der Waals surface area contributed by atoms with E-state index in [-0.39, 0.29) is 17.0 Å². The molecule has 1 aliphatic heterocycles. The predicted octanol–water partition coefficient (Wildman–Crippen LogP) is 1.71. The van der Waals surface area contributed by atoms with Crippen molar-refractivity contribution in [2.75, 3.05) is 46.9 Å². The van der Waals surface area contributed by atoms with Crippen molar-refractivity contribution in [2.24, 2.45) is 5.92 Å². The minimum Gasteiger partial charge on any atom is -0.383 e. The lowest BCUT2D eigenvalue weighted by molar-refractivity contribution is 0.0773. The Balaban J connectivity index is 1.74. The van der Waals surface area contributed by atoms with E-state index in [9.17, 15) is 14.0 Å². The largest absolute Gasteiger partial charge is 0.383 e. The number of ether oxygens (including phenoxy) is 1. The SMILES string of the molecule is COCCN1CC[C@@H](CN(C)C(=O)c2cc(=O)[nH]c3ccc(F)cc23)C1. The number of likely N-dealkylation sites (tertiary alicyclic amines) is 1. The van der Waals surface area contributed by atoms with Gasteiger partial charge < -0.3 is 19.5 Å². The number of nitrogens with one attached hydrogen (secondary N) is 1. The van der Waals surface area contributed by atoms with Crippen LogP contribution in [0.3, 0.4) is 0 Å². The lowest BCUT2D eigenvalue weighted by atomic mass is 10.1. The van der Waals surface area contributed by atoms with Crippen LogP contribution < -0.4 is 5.56 Å². The van der Waals surface area contributed by atoms with Gasteiger partial charge in [-0.05, 0) is 37.1 Å². The Morgan fingerprint density at radius 2 is 2.23 bits per heavy atom. The van der Waals surface area contributed by atoms with E-state index in [0.717, 1.165) is 26.1 Å². The van der Waals surface area contributed by atoms with E-state index < -0.39 is 5.82 Å². The number of carbonyl (C=O) groups is 1. The summed E-state index contributed by atoms with van der Waals surface area (Å²) in [5.74, 6) is -0.321. The highest BCUT2D eigenvalue weighted by molar-refractivity contribution is 6.05. The number of rotatable bonds is 6. The Morgan fingerprint density at radius 1 is 1.42 bits per heavy atom. The maximum atomic E-state index is 13.6. The van der Waals surface area contributed by atoms with Crippen LogP contribution in [0.1, 0.15) is 16.8 Å². The number of carbonyl (C=O) groups excluding carboxylic acids is 1. The molecule has 1 amide bonds.